The molecule has 0 aromatic carbocycles. The fourth-order valence-electron chi connectivity index (χ4n) is 10.4. The molecule has 0 spiro atoms. The van der Waals surface area contributed by atoms with Crippen LogP contribution in [-0.4, -0.2) is 37.2 Å². The van der Waals surface area contributed by atoms with Gasteiger partial charge in [-0.15, -0.1) is 0 Å². The lowest BCUT2D eigenvalue weighted by Gasteiger charge is -2.18. The Kier molecular flexibility index (Phi) is 60.6. The summed E-state index contributed by atoms with van der Waals surface area (Å²) in [6, 6.07) is 0. The van der Waals surface area contributed by atoms with Gasteiger partial charge < -0.3 is 14.2 Å². The summed E-state index contributed by atoms with van der Waals surface area (Å²) in [5.74, 6) is -0.828. The normalized spacial score (nSPS) is 11.9. The average molecular weight is 1020 g/mol. The van der Waals surface area contributed by atoms with Crippen LogP contribution in [0.3, 0.4) is 0 Å². The van der Waals surface area contributed by atoms with E-state index in [2.05, 4.69) is 20.8 Å². The molecule has 72 heavy (non-hydrogen) atoms. The zero-order chi connectivity index (χ0) is 52.2. The molecule has 0 N–H and O–H groups in total. The van der Waals surface area contributed by atoms with Crippen LogP contribution in [0, 0.1) is 0 Å². The highest BCUT2D eigenvalue weighted by Crippen LogP contribution is 2.19. The first-order chi connectivity index (χ1) is 35.5. The Labute approximate surface area is 450 Å². The molecule has 0 rings (SSSR count). The van der Waals surface area contributed by atoms with E-state index >= 15 is 0 Å². The lowest BCUT2D eigenvalue weighted by Crippen LogP contribution is -2.30. The van der Waals surface area contributed by atoms with Gasteiger partial charge in [-0.05, 0) is 19.3 Å². The van der Waals surface area contributed by atoms with E-state index < -0.39 is 6.10 Å². The van der Waals surface area contributed by atoms with Gasteiger partial charge in [-0.3, -0.25) is 14.4 Å². The molecular weight excluding hydrogens is 889 g/mol. The molecule has 0 saturated heterocycles. The van der Waals surface area contributed by atoms with Crippen molar-refractivity contribution in [1.82, 2.24) is 0 Å². The quantitative estimate of drug-likeness (QED) is 0.0343. The smallest absolute Gasteiger partial charge is 0.306 e. The van der Waals surface area contributed by atoms with E-state index in [1.807, 2.05) is 0 Å². The van der Waals surface area contributed by atoms with E-state index in [1.54, 1.807) is 0 Å². The first-order valence-corrected chi connectivity index (χ1v) is 33.0. The van der Waals surface area contributed by atoms with Crippen LogP contribution in [-0.2, 0) is 28.6 Å². The van der Waals surface area contributed by atoms with E-state index in [4.69, 9.17) is 14.2 Å². The Balaban J connectivity index is 4.09. The van der Waals surface area contributed by atoms with Crippen molar-refractivity contribution in [3.63, 3.8) is 0 Å². The van der Waals surface area contributed by atoms with Crippen LogP contribution in [0.2, 0.25) is 0 Å². The van der Waals surface area contributed by atoms with Gasteiger partial charge in [-0.25, -0.2) is 0 Å². The molecular formula is C66H128O6. The van der Waals surface area contributed by atoms with E-state index in [9.17, 15) is 14.4 Å². The van der Waals surface area contributed by atoms with Crippen molar-refractivity contribution < 1.29 is 28.6 Å². The molecule has 1 atom stereocenters. The number of hydrogen-bond donors (Lipinski definition) is 0. The molecule has 0 aromatic rings. The van der Waals surface area contributed by atoms with Gasteiger partial charge in [0.25, 0.3) is 0 Å². The predicted molar refractivity (Wildman–Crippen MR) is 312 cm³/mol. The van der Waals surface area contributed by atoms with Crippen LogP contribution in [0.4, 0.5) is 0 Å². The second kappa shape index (κ2) is 62.0. The average Bonchev–Trinajstić information content (AvgIpc) is 3.38. The minimum absolute atomic E-state index is 0.0608. The van der Waals surface area contributed by atoms with Crippen molar-refractivity contribution in [2.24, 2.45) is 0 Å². The van der Waals surface area contributed by atoms with Gasteiger partial charge in [0.05, 0.1) is 0 Å². The van der Waals surface area contributed by atoms with Crippen LogP contribution in [0.25, 0.3) is 0 Å². The molecule has 0 amide bonds. The summed E-state index contributed by atoms with van der Waals surface area (Å²) in [6.45, 7) is 6.72. The number of carbonyl (C=O) groups is 3. The molecule has 0 aromatic heterocycles. The topological polar surface area (TPSA) is 78.9 Å². The molecule has 0 aliphatic rings. The lowest BCUT2D eigenvalue weighted by molar-refractivity contribution is -0.167. The Morgan fingerprint density at radius 2 is 0.375 bits per heavy atom. The van der Waals surface area contributed by atoms with Crippen molar-refractivity contribution in [1.29, 1.82) is 0 Å². The standard InChI is InChI=1S/C66H128O6/c1-4-7-10-13-16-19-22-25-26-27-28-29-30-31-32-33-34-35-36-37-38-39-42-44-47-50-53-56-59-65(68)71-62-63(72-66(69)60-57-54-51-48-45-41-24-21-18-15-12-9-6-3)61-70-64(67)58-55-52-49-46-43-40-23-20-17-14-11-8-5-2/h63H,4-62H2,1-3H3. The van der Waals surface area contributed by atoms with Gasteiger partial charge >= 0.3 is 17.9 Å². The summed E-state index contributed by atoms with van der Waals surface area (Å²) in [4.78, 5) is 38.2. The van der Waals surface area contributed by atoms with Crippen LogP contribution in [0.15, 0.2) is 0 Å². The van der Waals surface area contributed by atoms with Crippen LogP contribution in [0.5, 0.6) is 0 Å². The zero-order valence-corrected chi connectivity index (χ0v) is 49.2. The van der Waals surface area contributed by atoms with Crippen LogP contribution < -0.4 is 0 Å². The van der Waals surface area contributed by atoms with E-state index in [0.29, 0.717) is 19.3 Å². The highest BCUT2D eigenvalue weighted by Gasteiger charge is 2.19. The zero-order valence-electron chi connectivity index (χ0n) is 49.2. The third kappa shape index (κ3) is 59.3. The summed E-state index contributed by atoms with van der Waals surface area (Å²) < 4.78 is 16.9. The summed E-state index contributed by atoms with van der Waals surface area (Å²) >= 11 is 0. The molecule has 0 aliphatic heterocycles. The van der Waals surface area contributed by atoms with Gasteiger partial charge in [0.2, 0.25) is 0 Å². The van der Waals surface area contributed by atoms with Gasteiger partial charge in [0.1, 0.15) is 13.2 Å². The number of unbranched alkanes of at least 4 members (excludes halogenated alkanes) is 51. The number of rotatable bonds is 62. The van der Waals surface area contributed by atoms with Crippen molar-refractivity contribution in [2.45, 2.75) is 393 Å². The van der Waals surface area contributed by atoms with E-state index in [-0.39, 0.29) is 31.1 Å². The molecule has 6 heteroatoms. The van der Waals surface area contributed by atoms with Gasteiger partial charge in [-0.1, -0.05) is 348 Å². The Morgan fingerprint density at radius 1 is 0.222 bits per heavy atom. The second-order valence-electron chi connectivity index (χ2n) is 22.8. The summed E-state index contributed by atoms with van der Waals surface area (Å²) in [7, 11) is 0. The molecule has 0 bridgehead atoms. The fourth-order valence-corrected chi connectivity index (χ4v) is 10.4. The summed E-state index contributed by atoms with van der Waals surface area (Å²) in [5, 5.41) is 0. The lowest BCUT2D eigenvalue weighted by atomic mass is 10.0. The Morgan fingerprint density at radius 3 is 0.556 bits per heavy atom. The monoisotopic (exact) mass is 1020 g/mol. The number of ether oxygens (including phenoxy) is 3. The minimum atomic E-state index is -0.761. The molecule has 0 fully saturated rings. The number of carbonyl (C=O) groups excluding carboxylic acids is 3. The number of hydrogen-bond acceptors (Lipinski definition) is 6. The van der Waals surface area contributed by atoms with E-state index in [1.165, 1.54) is 289 Å². The molecule has 0 radical (unpaired) electrons. The fraction of sp³-hybridized carbons (Fsp3) is 0.955. The van der Waals surface area contributed by atoms with Gasteiger partial charge in [0, 0.05) is 19.3 Å². The maximum atomic E-state index is 12.9. The minimum Gasteiger partial charge on any atom is -0.462 e. The van der Waals surface area contributed by atoms with Crippen LogP contribution >= 0.6 is 0 Å². The second-order valence-corrected chi connectivity index (χ2v) is 22.8. The van der Waals surface area contributed by atoms with Crippen LogP contribution in [0.1, 0.15) is 387 Å². The Hall–Kier alpha value is -1.59. The highest BCUT2D eigenvalue weighted by atomic mass is 16.6. The number of esters is 3. The largest absolute Gasteiger partial charge is 0.462 e. The van der Waals surface area contributed by atoms with E-state index in [0.717, 1.165) is 57.8 Å². The molecule has 0 aliphatic carbocycles. The van der Waals surface area contributed by atoms with Gasteiger partial charge in [0.15, 0.2) is 6.10 Å². The molecule has 0 heterocycles. The SMILES string of the molecule is CCCCCCCCCCCCCCCCCCCCCCCCCCCCCCC(=O)OCC(COC(=O)CCCCCCCCCCCCCCC)OC(=O)CCCCCCCCCCCCCCC. The van der Waals surface area contributed by atoms with Crippen molar-refractivity contribution in [3.8, 4) is 0 Å². The first-order valence-electron chi connectivity index (χ1n) is 33.0. The molecule has 6 nitrogen and oxygen atoms in total. The third-order valence-corrected chi connectivity index (χ3v) is 15.4. The van der Waals surface area contributed by atoms with Crippen molar-refractivity contribution in [2.75, 3.05) is 13.2 Å². The van der Waals surface area contributed by atoms with Crippen molar-refractivity contribution >= 4 is 17.9 Å². The summed E-state index contributed by atoms with van der Waals surface area (Å²) in [5.41, 5.74) is 0. The van der Waals surface area contributed by atoms with Crippen molar-refractivity contribution in [3.05, 3.63) is 0 Å². The summed E-state index contributed by atoms with van der Waals surface area (Å²) in [6.07, 6.45) is 71.3. The predicted octanol–water partition coefficient (Wildman–Crippen LogP) is 22.3. The highest BCUT2D eigenvalue weighted by molar-refractivity contribution is 5.71. The first kappa shape index (κ1) is 70.4. The Bertz CT molecular complexity index is 1080. The maximum absolute atomic E-state index is 12.9. The third-order valence-electron chi connectivity index (χ3n) is 15.4. The maximum Gasteiger partial charge on any atom is 0.306 e. The molecule has 0 saturated carbocycles. The molecule has 1 unspecified atom stereocenters. The van der Waals surface area contributed by atoms with Gasteiger partial charge in [-0.2, -0.15) is 0 Å². The molecule has 428 valence electrons.